The highest BCUT2D eigenvalue weighted by Gasteiger charge is 2.08. The Morgan fingerprint density at radius 3 is 3.00 bits per heavy atom. The molecule has 2 N–H and O–H groups in total. The van der Waals surface area contributed by atoms with Crippen LogP contribution in [-0.2, 0) is 13.0 Å². The molecule has 0 fully saturated rings. The number of nitrogens with zero attached hydrogens (tertiary/aromatic N) is 2. The molecule has 1 rings (SSSR count). The molecule has 0 bridgehead atoms. The molecule has 4 nitrogen and oxygen atoms in total. The monoisotopic (exact) mass is 197 g/mol. The van der Waals surface area contributed by atoms with E-state index in [4.69, 9.17) is 0 Å². The molecule has 0 aromatic carbocycles. The van der Waals surface area contributed by atoms with Crippen molar-refractivity contribution in [3.05, 3.63) is 18.2 Å². The lowest BCUT2D eigenvalue weighted by molar-refractivity contribution is 0.169. The lowest BCUT2D eigenvalue weighted by Crippen LogP contribution is -2.29. The Kier molecular flexibility index (Phi) is 4.62. The molecule has 0 saturated carbocycles. The molecule has 0 aliphatic heterocycles. The van der Waals surface area contributed by atoms with Gasteiger partial charge in [0.1, 0.15) is 5.82 Å². The summed E-state index contributed by atoms with van der Waals surface area (Å²) in [5, 5.41) is 12.8. The van der Waals surface area contributed by atoms with Gasteiger partial charge in [0.15, 0.2) is 0 Å². The minimum absolute atomic E-state index is 0.345. The first kappa shape index (κ1) is 11.2. The van der Waals surface area contributed by atoms with Gasteiger partial charge in [0.05, 0.1) is 6.10 Å². The Morgan fingerprint density at radius 1 is 1.57 bits per heavy atom. The average molecular weight is 197 g/mol. The van der Waals surface area contributed by atoms with E-state index in [1.54, 1.807) is 6.20 Å². The average Bonchev–Trinajstić information content (AvgIpc) is 2.62. The topological polar surface area (TPSA) is 50.1 Å². The van der Waals surface area contributed by atoms with Crippen molar-refractivity contribution in [1.82, 2.24) is 14.9 Å². The fourth-order valence-corrected chi connectivity index (χ4v) is 1.41. The number of imidazole rings is 1. The number of aliphatic hydroxyl groups is 1. The van der Waals surface area contributed by atoms with Gasteiger partial charge < -0.3 is 15.0 Å². The molecule has 1 unspecified atom stereocenters. The quantitative estimate of drug-likeness (QED) is 0.694. The number of nitrogens with one attached hydrogen (secondary N) is 1. The fourth-order valence-electron chi connectivity index (χ4n) is 1.41. The number of hydrogen-bond donors (Lipinski definition) is 2. The standard InChI is InChI=1S/C10H19N3O/c1-3-11-8-9(14)7-10-12-5-6-13(10)4-2/h5-6,9,11,14H,3-4,7-8H2,1-2H3. The number of hydrogen-bond acceptors (Lipinski definition) is 3. The second-order valence-corrected chi connectivity index (χ2v) is 3.30. The number of aromatic nitrogens is 2. The summed E-state index contributed by atoms with van der Waals surface area (Å²) in [7, 11) is 0. The van der Waals surface area contributed by atoms with E-state index in [2.05, 4.69) is 21.8 Å². The van der Waals surface area contributed by atoms with Crippen LogP contribution in [0.5, 0.6) is 0 Å². The van der Waals surface area contributed by atoms with E-state index in [1.807, 2.05) is 13.1 Å². The summed E-state index contributed by atoms with van der Waals surface area (Å²) < 4.78 is 2.05. The van der Waals surface area contributed by atoms with Gasteiger partial charge in [0.2, 0.25) is 0 Å². The number of aliphatic hydroxyl groups excluding tert-OH is 1. The van der Waals surface area contributed by atoms with Gasteiger partial charge in [-0.1, -0.05) is 6.92 Å². The summed E-state index contributed by atoms with van der Waals surface area (Å²) in [6, 6.07) is 0. The lowest BCUT2D eigenvalue weighted by Gasteiger charge is -2.11. The van der Waals surface area contributed by atoms with Gasteiger partial charge in [0.25, 0.3) is 0 Å². The van der Waals surface area contributed by atoms with E-state index in [9.17, 15) is 5.11 Å². The third-order valence-corrected chi connectivity index (χ3v) is 2.19. The zero-order chi connectivity index (χ0) is 10.4. The summed E-state index contributed by atoms with van der Waals surface area (Å²) in [5.74, 6) is 0.956. The Labute approximate surface area is 85.0 Å². The molecule has 0 saturated heterocycles. The molecule has 14 heavy (non-hydrogen) atoms. The van der Waals surface area contributed by atoms with Gasteiger partial charge in [-0.05, 0) is 13.5 Å². The molecule has 1 aromatic rings. The van der Waals surface area contributed by atoms with Gasteiger partial charge in [-0.25, -0.2) is 4.98 Å². The predicted octanol–water partition coefficient (Wildman–Crippen LogP) is 0.416. The molecular weight excluding hydrogens is 178 g/mol. The third kappa shape index (κ3) is 3.12. The van der Waals surface area contributed by atoms with E-state index in [1.165, 1.54) is 0 Å². The fraction of sp³-hybridized carbons (Fsp3) is 0.700. The maximum absolute atomic E-state index is 9.66. The van der Waals surface area contributed by atoms with Crippen LogP contribution in [0.25, 0.3) is 0 Å². The van der Waals surface area contributed by atoms with E-state index >= 15 is 0 Å². The van der Waals surface area contributed by atoms with Crippen LogP contribution >= 0.6 is 0 Å². The minimum atomic E-state index is -0.345. The maximum Gasteiger partial charge on any atom is 0.111 e. The van der Waals surface area contributed by atoms with E-state index in [0.29, 0.717) is 13.0 Å². The summed E-state index contributed by atoms with van der Waals surface area (Å²) in [5.41, 5.74) is 0. The highest BCUT2D eigenvalue weighted by Crippen LogP contribution is 2.01. The molecule has 80 valence electrons. The summed E-state index contributed by atoms with van der Waals surface area (Å²) in [4.78, 5) is 4.21. The second kappa shape index (κ2) is 5.78. The van der Waals surface area contributed by atoms with Gasteiger partial charge >= 0.3 is 0 Å². The van der Waals surface area contributed by atoms with Crippen molar-refractivity contribution < 1.29 is 5.11 Å². The molecule has 1 atom stereocenters. The number of aryl methyl sites for hydroxylation is 1. The van der Waals surface area contributed by atoms with Gasteiger partial charge in [-0.15, -0.1) is 0 Å². The summed E-state index contributed by atoms with van der Waals surface area (Å²) >= 11 is 0. The SMILES string of the molecule is CCNCC(O)Cc1nccn1CC. The zero-order valence-electron chi connectivity index (χ0n) is 8.90. The molecule has 1 heterocycles. The van der Waals surface area contributed by atoms with Crippen molar-refractivity contribution in [2.75, 3.05) is 13.1 Å². The Hall–Kier alpha value is -0.870. The van der Waals surface area contributed by atoms with Crippen LogP contribution in [0, 0.1) is 0 Å². The van der Waals surface area contributed by atoms with E-state index in [0.717, 1.165) is 18.9 Å². The molecule has 0 spiro atoms. The zero-order valence-corrected chi connectivity index (χ0v) is 8.90. The molecule has 0 amide bonds. The highest BCUT2D eigenvalue weighted by atomic mass is 16.3. The molecule has 0 radical (unpaired) electrons. The largest absolute Gasteiger partial charge is 0.391 e. The Morgan fingerprint density at radius 2 is 2.36 bits per heavy atom. The Balaban J connectivity index is 2.42. The highest BCUT2D eigenvalue weighted by molar-refractivity contribution is 4.94. The molecule has 0 aliphatic rings. The second-order valence-electron chi connectivity index (χ2n) is 3.30. The molecule has 0 aliphatic carbocycles. The van der Waals surface area contributed by atoms with Crippen molar-refractivity contribution in [2.24, 2.45) is 0 Å². The molecular formula is C10H19N3O. The number of likely N-dealkylation sites (N-methyl/N-ethyl adjacent to an activating group) is 1. The first-order valence-corrected chi connectivity index (χ1v) is 5.16. The van der Waals surface area contributed by atoms with Crippen LogP contribution in [-0.4, -0.2) is 33.9 Å². The van der Waals surface area contributed by atoms with Crippen molar-refractivity contribution in [3.63, 3.8) is 0 Å². The third-order valence-electron chi connectivity index (χ3n) is 2.19. The van der Waals surface area contributed by atoms with Crippen molar-refractivity contribution in [1.29, 1.82) is 0 Å². The molecule has 4 heteroatoms. The Bertz CT molecular complexity index is 260. The van der Waals surface area contributed by atoms with Crippen molar-refractivity contribution >= 4 is 0 Å². The van der Waals surface area contributed by atoms with Gasteiger partial charge in [-0.2, -0.15) is 0 Å². The van der Waals surface area contributed by atoms with E-state index in [-0.39, 0.29) is 6.10 Å². The predicted molar refractivity (Wildman–Crippen MR) is 56.2 cm³/mol. The van der Waals surface area contributed by atoms with E-state index < -0.39 is 0 Å². The smallest absolute Gasteiger partial charge is 0.111 e. The summed E-state index contributed by atoms with van der Waals surface area (Å²) in [6.45, 7) is 6.52. The van der Waals surface area contributed by atoms with Crippen LogP contribution in [0.4, 0.5) is 0 Å². The van der Waals surface area contributed by atoms with Crippen molar-refractivity contribution in [3.8, 4) is 0 Å². The van der Waals surface area contributed by atoms with Crippen LogP contribution < -0.4 is 5.32 Å². The summed E-state index contributed by atoms with van der Waals surface area (Å²) in [6.07, 6.45) is 3.99. The van der Waals surface area contributed by atoms with Crippen molar-refractivity contribution in [2.45, 2.75) is 32.9 Å². The number of rotatable bonds is 6. The lowest BCUT2D eigenvalue weighted by atomic mass is 10.2. The maximum atomic E-state index is 9.66. The minimum Gasteiger partial charge on any atom is -0.391 e. The van der Waals surface area contributed by atoms with Crippen LogP contribution in [0.2, 0.25) is 0 Å². The normalized spacial score (nSPS) is 13.1. The van der Waals surface area contributed by atoms with Gasteiger partial charge in [0, 0.05) is 31.9 Å². The van der Waals surface area contributed by atoms with Gasteiger partial charge in [-0.3, -0.25) is 0 Å². The van der Waals surface area contributed by atoms with Crippen LogP contribution in [0.3, 0.4) is 0 Å². The van der Waals surface area contributed by atoms with Crippen LogP contribution in [0.15, 0.2) is 12.4 Å². The molecule has 1 aromatic heterocycles. The first-order valence-electron chi connectivity index (χ1n) is 5.16. The first-order chi connectivity index (χ1) is 6.77. The van der Waals surface area contributed by atoms with Crippen LogP contribution in [0.1, 0.15) is 19.7 Å².